The van der Waals surface area contributed by atoms with Gasteiger partial charge in [-0.15, -0.1) is 11.6 Å². The lowest BCUT2D eigenvalue weighted by Crippen LogP contribution is -2.09. The first-order chi connectivity index (χ1) is 9.20. The number of hydrogen-bond donors (Lipinski definition) is 0. The zero-order chi connectivity index (χ0) is 13.7. The summed E-state index contributed by atoms with van der Waals surface area (Å²) >= 11 is 10.2. The molecule has 0 N–H and O–H groups in total. The van der Waals surface area contributed by atoms with E-state index in [-0.39, 0.29) is 5.38 Å². The Hall–Kier alpha value is -0.210. The molecule has 1 aliphatic carbocycles. The lowest BCUT2D eigenvalue weighted by molar-refractivity contribution is 0.334. The Bertz CT molecular complexity index is 402. The number of alkyl halides is 1. The van der Waals surface area contributed by atoms with Crippen LogP contribution in [0.4, 0.5) is 0 Å². The smallest absolute Gasteiger partial charge is 0.120 e. The first-order valence-electron chi connectivity index (χ1n) is 7.27. The summed E-state index contributed by atoms with van der Waals surface area (Å²) in [4.78, 5) is 0. The normalized spacial score (nSPS) is 18.3. The molecular formula is C16H22BrClO. The lowest BCUT2D eigenvalue weighted by Gasteiger charge is -2.24. The van der Waals surface area contributed by atoms with E-state index in [1.54, 1.807) is 0 Å². The Morgan fingerprint density at radius 3 is 2.68 bits per heavy atom. The van der Waals surface area contributed by atoms with Gasteiger partial charge in [0.2, 0.25) is 0 Å². The maximum atomic E-state index is 6.60. The van der Waals surface area contributed by atoms with Crippen LogP contribution in [0.5, 0.6) is 5.75 Å². The molecule has 2 rings (SSSR count). The van der Waals surface area contributed by atoms with Crippen molar-refractivity contribution in [2.75, 3.05) is 6.61 Å². The van der Waals surface area contributed by atoms with Gasteiger partial charge in [-0.1, -0.05) is 54.1 Å². The third-order valence-electron chi connectivity index (χ3n) is 3.89. The van der Waals surface area contributed by atoms with E-state index in [4.69, 9.17) is 16.3 Å². The van der Waals surface area contributed by atoms with Crippen LogP contribution in [0, 0.1) is 5.92 Å². The summed E-state index contributed by atoms with van der Waals surface area (Å²) in [6.07, 6.45) is 7.93. The van der Waals surface area contributed by atoms with Gasteiger partial charge in [-0.2, -0.15) is 0 Å². The van der Waals surface area contributed by atoms with Crippen molar-refractivity contribution in [2.45, 2.75) is 50.8 Å². The summed E-state index contributed by atoms with van der Waals surface area (Å²) in [5, 5.41) is 0.105. The van der Waals surface area contributed by atoms with Gasteiger partial charge in [0, 0.05) is 4.47 Å². The van der Waals surface area contributed by atoms with Crippen molar-refractivity contribution in [3.63, 3.8) is 0 Å². The first kappa shape index (κ1) is 15.2. The molecule has 1 aliphatic rings. The van der Waals surface area contributed by atoms with Crippen molar-refractivity contribution in [1.82, 2.24) is 0 Å². The standard InChI is InChI=1S/C16H22BrClO/c1-2-19-13-8-9-14(15(17)11-13)16(18)10-12-6-4-3-5-7-12/h8-9,11-12,16H,2-7,10H2,1H3. The van der Waals surface area contributed by atoms with Crippen LogP contribution in [0.15, 0.2) is 22.7 Å². The Kier molecular flexibility index (Phi) is 6.03. The van der Waals surface area contributed by atoms with Gasteiger partial charge in [-0.3, -0.25) is 0 Å². The van der Waals surface area contributed by atoms with Gasteiger partial charge < -0.3 is 4.74 Å². The number of ether oxygens (including phenoxy) is 1. The van der Waals surface area contributed by atoms with Gasteiger partial charge in [-0.05, 0) is 37.0 Å². The first-order valence-corrected chi connectivity index (χ1v) is 8.50. The predicted octanol–water partition coefficient (Wildman–Crippen LogP) is 6.10. The van der Waals surface area contributed by atoms with Crippen molar-refractivity contribution in [2.24, 2.45) is 5.92 Å². The van der Waals surface area contributed by atoms with E-state index < -0.39 is 0 Å². The molecule has 1 aromatic rings. The predicted molar refractivity (Wildman–Crippen MR) is 85.1 cm³/mol. The van der Waals surface area contributed by atoms with Gasteiger partial charge in [0.05, 0.1) is 12.0 Å². The number of rotatable bonds is 5. The largest absolute Gasteiger partial charge is 0.494 e. The fourth-order valence-electron chi connectivity index (χ4n) is 2.86. The zero-order valence-corrected chi connectivity index (χ0v) is 13.8. The average molecular weight is 346 g/mol. The molecule has 1 saturated carbocycles. The van der Waals surface area contributed by atoms with Crippen LogP contribution >= 0.6 is 27.5 Å². The molecule has 1 atom stereocenters. The van der Waals surface area contributed by atoms with Crippen molar-refractivity contribution >= 4 is 27.5 Å². The molecule has 0 spiro atoms. The Morgan fingerprint density at radius 1 is 1.32 bits per heavy atom. The van der Waals surface area contributed by atoms with Crippen molar-refractivity contribution in [3.05, 3.63) is 28.2 Å². The van der Waals surface area contributed by atoms with Crippen molar-refractivity contribution < 1.29 is 4.74 Å². The highest BCUT2D eigenvalue weighted by atomic mass is 79.9. The molecule has 19 heavy (non-hydrogen) atoms. The highest BCUT2D eigenvalue weighted by Crippen LogP contribution is 2.38. The van der Waals surface area contributed by atoms with E-state index in [1.165, 1.54) is 37.7 Å². The molecule has 0 radical (unpaired) electrons. The van der Waals surface area contributed by atoms with Gasteiger partial charge in [-0.25, -0.2) is 0 Å². The second kappa shape index (κ2) is 7.54. The SMILES string of the molecule is CCOc1ccc(C(Cl)CC2CCCCC2)c(Br)c1. The summed E-state index contributed by atoms with van der Waals surface area (Å²) in [6, 6.07) is 6.13. The molecular weight excluding hydrogens is 324 g/mol. The van der Waals surface area contributed by atoms with Crippen molar-refractivity contribution in [1.29, 1.82) is 0 Å². The van der Waals surface area contributed by atoms with E-state index in [0.29, 0.717) is 6.61 Å². The number of benzene rings is 1. The van der Waals surface area contributed by atoms with E-state index in [0.717, 1.165) is 22.6 Å². The maximum absolute atomic E-state index is 6.60. The second-order valence-electron chi connectivity index (χ2n) is 5.32. The third kappa shape index (κ3) is 4.39. The summed E-state index contributed by atoms with van der Waals surface area (Å²) in [5.41, 5.74) is 1.19. The quantitative estimate of drug-likeness (QED) is 0.586. The molecule has 0 aromatic heterocycles. The van der Waals surface area contributed by atoms with Crippen LogP contribution in [-0.4, -0.2) is 6.61 Å². The summed E-state index contributed by atoms with van der Waals surface area (Å²) in [6.45, 7) is 2.69. The van der Waals surface area contributed by atoms with E-state index >= 15 is 0 Å². The van der Waals surface area contributed by atoms with Crippen LogP contribution in [0.3, 0.4) is 0 Å². The third-order valence-corrected chi connectivity index (χ3v) is 4.99. The molecule has 0 saturated heterocycles. The zero-order valence-electron chi connectivity index (χ0n) is 11.5. The highest BCUT2D eigenvalue weighted by Gasteiger charge is 2.20. The molecule has 0 amide bonds. The van der Waals surface area contributed by atoms with Crippen LogP contribution in [0.2, 0.25) is 0 Å². The van der Waals surface area contributed by atoms with Gasteiger partial charge >= 0.3 is 0 Å². The summed E-state index contributed by atoms with van der Waals surface area (Å²) in [5.74, 6) is 1.70. The van der Waals surface area contributed by atoms with Crippen LogP contribution in [0.25, 0.3) is 0 Å². The molecule has 1 unspecified atom stereocenters. The molecule has 0 heterocycles. The molecule has 0 bridgehead atoms. The van der Waals surface area contributed by atoms with Gasteiger partial charge in [0.15, 0.2) is 0 Å². The lowest BCUT2D eigenvalue weighted by atomic mass is 9.85. The minimum absolute atomic E-state index is 0.105. The van der Waals surface area contributed by atoms with Crippen LogP contribution in [0.1, 0.15) is 56.4 Å². The molecule has 106 valence electrons. The number of halogens is 2. The fourth-order valence-corrected chi connectivity index (χ4v) is 4.07. The van der Waals surface area contributed by atoms with Gasteiger partial charge in [0.25, 0.3) is 0 Å². The maximum Gasteiger partial charge on any atom is 0.120 e. The Balaban J connectivity index is 1.99. The minimum atomic E-state index is 0.105. The summed E-state index contributed by atoms with van der Waals surface area (Å²) < 4.78 is 6.56. The van der Waals surface area contributed by atoms with E-state index in [9.17, 15) is 0 Å². The topological polar surface area (TPSA) is 9.23 Å². The van der Waals surface area contributed by atoms with Crippen LogP contribution in [-0.2, 0) is 0 Å². The van der Waals surface area contributed by atoms with E-state index in [1.807, 2.05) is 19.1 Å². The average Bonchev–Trinajstić information content (AvgIpc) is 2.40. The molecule has 1 fully saturated rings. The summed E-state index contributed by atoms with van der Waals surface area (Å²) in [7, 11) is 0. The van der Waals surface area contributed by atoms with Crippen LogP contribution < -0.4 is 4.74 Å². The second-order valence-corrected chi connectivity index (χ2v) is 6.70. The molecule has 3 heteroatoms. The highest BCUT2D eigenvalue weighted by molar-refractivity contribution is 9.10. The van der Waals surface area contributed by atoms with Crippen molar-refractivity contribution in [3.8, 4) is 5.75 Å². The monoisotopic (exact) mass is 344 g/mol. The minimum Gasteiger partial charge on any atom is -0.494 e. The number of hydrogen-bond acceptors (Lipinski definition) is 1. The van der Waals surface area contributed by atoms with Gasteiger partial charge in [0.1, 0.15) is 5.75 Å². The molecule has 1 nitrogen and oxygen atoms in total. The molecule has 0 aliphatic heterocycles. The molecule has 1 aromatic carbocycles. The van der Waals surface area contributed by atoms with E-state index in [2.05, 4.69) is 22.0 Å². The Morgan fingerprint density at radius 2 is 2.05 bits per heavy atom. The fraction of sp³-hybridized carbons (Fsp3) is 0.625. The Labute approximate surface area is 129 Å².